The molecule has 2 rings (SSSR count). The van der Waals surface area contributed by atoms with Crippen molar-refractivity contribution in [3.05, 3.63) is 50.6 Å². The first-order chi connectivity index (χ1) is 10.8. The minimum absolute atomic E-state index is 0.0847. The largest absolute Gasteiger partial charge is 0.347 e. The molecule has 4 nitrogen and oxygen atoms in total. The number of hydrogen-bond donors (Lipinski definition) is 2. The molecule has 0 fully saturated rings. The molecule has 0 aliphatic carbocycles. The second-order valence-electron chi connectivity index (χ2n) is 6.17. The fraction of sp³-hybridized carbons (Fsp3) is 0.294. The van der Waals surface area contributed by atoms with E-state index in [0.717, 1.165) is 8.66 Å². The highest BCUT2D eigenvalue weighted by Crippen LogP contribution is 2.22. The van der Waals surface area contributed by atoms with Crippen molar-refractivity contribution >= 4 is 44.8 Å². The molecule has 0 saturated carbocycles. The molecule has 122 valence electrons. The standard InChI is InChI=1S/C17H19BrN2O2S/c1-17(2,3)16(22)20-12-6-4-5-11(9-12)15(21)19-10-13-7-8-14(18)23-13/h4-9H,10H2,1-3H3,(H,19,21)(H,20,22). The van der Waals surface area contributed by atoms with E-state index < -0.39 is 5.41 Å². The van der Waals surface area contributed by atoms with Gasteiger partial charge in [-0.3, -0.25) is 9.59 Å². The molecule has 1 heterocycles. The molecule has 6 heteroatoms. The normalized spacial score (nSPS) is 11.1. The highest BCUT2D eigenvalue weighted by molar-refractivity contribution is 9.11. The van der Waals surface area contributed by atoms with E-state index in [9.17, 15) is 9.59 Å². The highest BCUT2D eigenvalue weighted by Gasteiger charge is 2.21. The number of halogens is 1. The molecule has 0 spiro atoms. The number of rotatable bonds is 4. The summed E-state index contributed by atoms with van der Waals surface area (Å²) in [5.41, 5.74) is 0.661. The predicted molar refractivity (Wildman–Crippen MR) is 97.7 cm³/mol. The van der Waals surface area contributed by atoms with E-state index in [-0.39, 0.29) is 11.8 Å². The van der Waals surface area contributed by atoms with Crippen molar-refractivity contribution in [2.75, 3.05) is 5.32 Å². The monoisotopic (exact) mass is 394 g/mol. The number of amides is 2. The average Bonchev–Trinajstić information content (AvgIpc) is 2.89. The third-order valence-corrected chi connectivity index (χ3v) is 4.74. The van der Waals surface area contributed by atoms with Crippen LogP contribution in [0.5, 0.6) is 0 Å². The fourth-order valence-electron chi connectivity index (χ4n) is 1.77. The summed E-state index contributed by atoms with van der Waals surface area (Å²) < 4.78 is 1.04. The Morgan fingerprint density at radius 3 is 2.52 bits per heavy atom. The van der Waals surface area contributed by atoms with Gasteiger partial charge in [0.05, 0.1) is 10.3 Å². The molecule has 1 aromatic carbocycles. The van der Waals surface area contributed by atoms with Gasteiger partial charge in [0.25, 0.3) is 5.91 Å². The Hall–Kier alpha value is -1.66. The molecule has 23 heavy (non-hydrogen) atoms. The van der Waals surface area contributed by atoms with Crippen LogP contribution in [0.1, 0.15) is 36.0 Å². The molecule has 1 aromatic heterocycles. The van der Waals surface area contributed by atoms with Crippen LogP contribution in [0.15, 0.2) is 40.2 Å². The summed E-state index contributed by atoms with van der Waals surface area (Å²) in [4.78, 5) is 25.3. The summed E-state index contributed by atoms with van der Waals surface area (Å²) in [7, 11) is 0. The van der Waals surface area contributed by atoms with Crippen LogP contribution in [0, 0.1) is 5.41 Å². The Labute approximate surface area is 148 Å². The van der Waals surface area contributed by atoms with Crippen LogP contribution >= 0.6 is 27.3 Å². The number of carbonyl (C=O) groups excluding carboxylic acids is 2. The van der Waals surface area contributed by atoms with E-state index in [1.54, 1.807) is 35.6 Å². The van der Waals surface area contributed by atoms with Crippen molar-refractivity contribution in [3.8, 4) is 0 Å². The summed E-state index contributed by atoms with van der Waals surface area (Å²) in [5, 5.41) is 5.71. The average molecular weight is 395 g/mol. The zero-order valence-electron chi connectivity index (χ0n) is 13.3. The van der Waals surface area contributed by atoms with Crippen molar-refractivity contribution in [1.82, 2.24) is 5.32 Å². The summed E-state index contributed by atoms with van der Waals surface area (Å²) in [5.74, 6) is -0.250. The van der Waals surface area contributed by atoms with Gasteiger partial charge in [-0.25, -0.2) is 0 Å². The quantitative estimate of drug-likeness (QED) is 0.805. The van der Waals surface area contributed by atoms with Crippen LogP contribution in [0.25, 0.3) is 0 Å². The van der Waals surface area contributed by atoms with Gasteiger partial charge in [-0.1, -0.05) is 26.8 Å². The Morgan fingerprint density at radius 2 is 1.91 bits per heavy atom. The van der Waals surface area contributed by atoms with Gasteiger partial charge in [0.1, 0.15) is 0 Å². The summed E-state index contributed by atoms with van der Waals surface area (Å²) >= 11 is 4.98. The molecule has 0 saturated heterocycles. The second-order valence-corrected chi connectivity index (χ2v) is 8.72. The lowest BCUT2D eigenvalue weighted by molar-refractivity contribution is -0.123. The molecule has 0 bridgehead atoms. The molecule has 0 aliphatic rings. The van der Waals surface area contributed by atoms with Crippen LogP contribution in [0.3, 0.4) is 0 Å². The summed E-state index contributed by atoms with van der Waals surface area (Å²) in [6.45, 7) is 6.02. The van der Waals surface area contributed by atoms with Gasteiger partial charge >= 0.3 is 0 Å². The second kappa shape index (κ2) is 7.27. The highest BCUT2D eigenvalue weighted by atomic mass is 79.9. The van der Waals surface area contributed by atoms with Crippen molar-refractivity contribution in [3.63, 3.8) is 0 Å². The minimum atomic E-state index is -0.481. The molecular weight excluding hydrogens is 376 g/mol. The molecular formula is C17H19BrN2O2S. The number of thiophene rings is 1. The van der Waals surface area contributed by atoms with Crippen molar-refractivity contribution in [2.24, 2.45) is 5.41 Å². The number of nitrogens with one attached hydrogen (secondary N) is 2. The van der Waals surface area contributed by atoms with E-state index >= 15 is 0 Å². The maximum Gasteiger partial charge on any atom is 0.251 e. The number of benzene rings is 1. The zero-order chi connectivity index (χ0) is 17.0. The number of anilines is 1. The van der Waals surface area contributed by atoms with Gasteiger partial charge in [0.15, 0.2) is 0 Å². The molecule has 0 aliphatic heterocycles. The molecule has 2 amide bonds. The first-order valence-corrected chi connectivity index (χ1v) is 8.80. The van der Waals surface area contributed by atoms with Crippen LogP contribution < -0.4 is 10.6 Å². The van der Waals surface area contributed by atoms with Gasteiger partial charge in [0.2, 0.25) is 5.91 Å². The van der Waals surface area contributed by atoms with Crippen LogP contribution in [-0.4, -0.2) is 11.8 Å². The Balaban J connectivity index is 2.01. The van der Waals surface area contributed by atoms with E-state index in [2.05, 4.69) is 26.6 Å². The third-order valence-electron chi connectivity index (χ3n) is 3.12. The Bertz CT molecular complexity index is 719. The van der Waals surface area contributed by atoms with E-state index in [1.807, 2.05) is 32.9 Å². The maximum atomic E-state index is 12.2. The van der Waals surface area contributed by atoms with E-state index in [4.69, 9.17) is 0 Å². The molecule has 0 atom stereocenters. The van der Waals surface area contributed by atoms with E-state index in [0.29, 0.717) is 17.8 Å². The Morgan fingerprint density at radius 1 is 1.17 bits per heavy atom. The van der Waals surface area contributed by atoms with Gasteiger partial charge < -0.3 is 10.6 Å². The van der Waals surface area contributed by atoms with Crippen molar-refractivity contribution < 1.29 is 9.59 Å². The first-order valence-electron chi connectivity index (χ1n) is 7.19. The van der Waals surface area contributed by atoms with Gasteiger partial charge in [-0.2, -0.15) is 0 Å². The Kier molecular flexibility index (Phi) is 5.59. The molecule has 2 N–H and O–H groups in total. The first kappa shape index (κ1) is 17.7. The number of carbonyl (C=O) groups is 2. The van der Waals surface area contributed by atoms with Gasteiger partial charge in [-0.15, -0.1) is 11.3 Å². The number of hydrogen-bond acceptors (Lipinski definition) is 3. The summed E-state index contributed by atoms with van der Waals surface area (Å²) in [6.07, 6.45) is 0. The smallest absolute Gasteiger partial charge is 0.251 e. The summed E-state index contributed by atoms with van der Waals surface area (Å²) in [6, 6.07) is 10.9. The fourth-order valence-corrected chi connectivity index (χ4v) is 3.20. The topological polar surface area (TPSA) is 58.2 Å². The predicted octanol–water partition coefficient (Wildman–Crippen LogP) is 4.43. The lowest BCUT2D eigenvalue weighted by Crippen LogP contribution is -2.28. The third kappa shape index (κ3) is 5.18. The lowest BCUT2D eigenvalue weighted by Gasteiger charge is -2.18. The minimum Gasteiger partial charge on any atom is -0.347 e. The van der Waals surface area contributed by atoms with Gasteiger partial charge in [-0.05, 0) is 46.3 Å². The van der Waals surface area contributed by atoms with Crippen LogP contribution in [0.4, 0.5) is 5.69 Å². The van der Waals surface area contributed by atoms with Crippen molar-refractivity contribution in [2.45, 2.75) is 27.3 Å². The van der Waals surface area contributed by atoms with Crippen molar-refractivity contribution in [1.29, 1.82) is 0 Å². The molecule has 0 unspecified atom stereocenters. The van der Waals surface area contributed by atoms with E-state index in [1.165, 1.54) is 0 Å². The molecule has 2 aromatic rings. The molecule has 0 radical (unpaired) electrons. The SMILES string of the molecule is CC(C)(C)C(=O)Nc1cccc(C(=O)NCc2ccc(Br)s2)c1. The lowest BCUT2D eigenvalue weighted by atomic mass is 9.95. The van der Waals surface area contributed by atoms with Crippen LogP contribution in [0.2, 0.25) is 0 Å². The zero-order valence-corrected chi connectivity index (χ0v) is 15.7. The van der Waals surface area contributed by atoms with Gasteiger partial charge in [0, 0.05) is 21.5 Å². The maximum absolute atomic E-state index is 12.2. The van der Waals surface area contributed by atoms with Crippen LogP contribution in [-0.2, 0) is 11.3 Å².